The summed E-state index contributed by atoms with van der Waals surface area (Å²) < 4.78 is 5.57. The second kappa shape index (κ2) is 3.81. The van der Waals surface area contributed by atoms with E-state index >= 15 is 0 Å². The molecule has 2 atom stereocenters. The average Bonchev–Trinajstić information content (AvgIpc) is 2.55. The number of hydrogen-bond acceptors (Lipinski definition) is 3. The highest BCUT2D eigenvalue weighted by Crippen LogP contribution is 2.32. The lowest BCUT2D eigenvalue weighted by atomic mass is 10.0. The molecule has 1 aromatic rings. The van der Waals surface area contributed by atoms with Crippen molar-refractivity contribution in [1.82, 2.24) is 4.98 Å². The summed E-state index contributed by atoms with van der Waals surface area (Å²) in [4.78, 5) is 4.44. The van der Waals surface area contributed by atoms with Crippen LogP contribution < -0.4 is 4.74 Å². The summed E-state index contributed by atoms with van der Waals surface area (Å²) >= 11 is 4.30. The molecule has 76 valence electrons. The fourth-order valence-electron chi connectivity index (χ4n) is 1.60. The Labute approximate surface area is 90.1 Å². The molecule has 0 saturated heterocycles. The summed E-state index contributed by atoms with van der Waals surface area (Å²) in [6.07, 6.45) is 3.90. The van der Waals surface area contributed by atoms with Gasteiger partial charge < -0.3 is 4.74 Å². The molecule has 2 rings (SSSR count). The van der Waals surface area contributed by atoms with E-state index in [4.69, 9.17) is 4.74 Å². The molecule has 0 aliphatic carbocycles. The summed E-state index contributed by atoms with van der Waals surface area (Å²) in [7, 11) is 0. The van der Waals surface area contributed by atoms with E-state index in [9.17, 15) is 0 Å². The van der Waals surface area contributed by atoms with E-state index < -0.39 is 0 Å². The Morgan fingerprint density at radius 3 is 3.21 bits per heavy atom. The summed E-state index contributed by atoms with van der Waals surface area (Å²) in [6.45, 7) is 4.35. The number of aromatic nitrogens is 1. The standard InChI is InChI=1S/C11H15NOS/c1-3-7(2)9-5-10-8(6-12-9)4-11(14)13-10/h5-7,11,14H,3-4H2,1-2H3. The fraction of sp³-hybridized carbons (Fsp3) is 0.545. The predicted octanol–water partition coefficient (Wildman–Crippen LogP) is 2.79. The van der Waals surface area contributed by atoms with Gasteiger partial charge in [0.05, 0.1) is 0 Å². The Morgan fingerprint density at radius 2 is 2.50 bits per heavy atom. The Balaban J connectivity index is 2.28. The molecule has 14 heavy (non-hydrogen) atoms. The van der Waals surface area contributed by atoms with Gasteiger partial charge >= 0.3 is 0 Å². The molecule has 2 heterocycles. The first-order valence-electron chi connectivity index (χ1n) is 5.04. The third-order valence-electron chi connectivity index (χ3n) is 2.74. The van der Waals surface area contributed by atoms with Crippen molar-refractivity contribution in [2.75, 3.05) is 0 Å². The topological polar surface area (TPSA) is 22.1 Å². The molecular weight excluding hydrogens is 194 g/mol. The zero-order chi connectivity index (χ0) is 10.1. The SMILES string of the molecule is CCC(C)c1cc2c(cn1)CC(S)O2. The van der Waals surface area contributed by atoms with Crippen molar-refractivity contribution in [3.8, 4) is 5.75 Å². The van der Waals surface area contributed by atoms with Crippen molar-refractivity contribution in [2.24, 2.45) is 0 Å². The molecular formula is C11H15NOS. The molecule has 2 nitrogen and oxygen atoms in total. The van der Waals surface area contributed by atoms with Crippen molar-refractivity contribution in [1.29, 1.82) is 0 Å². The number of pyridine rings is 1. The number of nitrogens with zero attached hydrogens (tertiary/aromatic N) is 1. The fourth-order valence-corrected chi connectivity index (χ4v) is 1.91. The van der Waals surface area contributed by atoms with E-state index in [0.29, 0.717) is 5.92 Å². The van der Waals surface area contributed by atoms with Crippen LogP contribution in [0, 0.1) is 0 Å². The molecule has 0 bridgehead atoms. The molecule has 2 unspecified atom stereocenters. The van der Waals surface area contributed by atoms with Crippen LogP contribution in [0.3, 0.4) is 0 Å². The van der Waals surface area contributed by atoms with Gasteiger partial charge in [-0.05, 0) is 12.3 Å². The monoisotopic (exact) mass is 209 g/mol. The Kier molecular flexibility index (Phi) is 2.68. The number of hydrogen-bond donors (Lipinski definition) is 1. The minimum Gasteiger partial charge on any atom is -0.479 e. The van der Waals surface area contributed by atoms with Gasteiger partial charge in [-0.2, -0.15) is 0 Å². The van der Waals surface area contributed by atoms with Crippen molar-refractivity contribution < 1.29 is 4.74 Å². The van der Waals surface area contributed by atoms with Gasteiger partial charge in [-0.25, -0.2) is 0 Å². The van der Waals surface area contributed by atoms with E-state index in [0.717, 1.165) is 24.3 Å². The van der Waals surface area contributed by atoms with E-state index in [1.807, 2.05) is 6.20 Å². The third-order valence-corrected chi connectivity index (χ3v) is 3.03. The maximum absolute atomic E-state index is 5.57. The normalized spacial score (nSPS) is 21.5. The van der Waals surface area contributed by atoms with Crippen LogP contribution in [0.2, 0.25) is 0 Å². The van der Waals surface area contributed by atoms with Crippen LogP contribution in [0.4, 0.5) is 0 Å². The molecule has 0 aromatic carbocycles. The van der Waals surface area contributed by atoms with Crippen LogP contribution in [-0.4, -0.2) is 10.4 Å². The summed E-state index contributed by atoms with van der Waals surface area (Å²) in [6, 6.07) is 2.06. The summed E-state index contributed by atoms with van der Waals surface area (Å²) in [5.41, 5.74) is 2.31. The van der Waals surface area contributed by atoms with Gasteiger partial charge in [-0.3, -0.25) is 4.98 Å². The van der Waals surface area contributed by atoms with E-state index in [2.05, 4.69) is 37.5 Å². The number of thiol groups is 1. The van der Waals surface area contributed by atoms with Crippen molar-refractivity contribution >= 4 is 12.6 Å². The molecule has 1 aromatic heterocycles. The van der Waals surface area contributed by atoms with Gasteiger partial charge in [0, 0.05) is 29.9 Å². The van der Waals surface area contributed by atoms with Crippen molar-refractivity contribution in [3.05, 3.63) is 23.5 Å². The maximum atomic E-state index is 5.57. The smallest absolute Gasteiger partial charge is 0.145 e. The molecule has 1 aliphatic rings. The predicted molar refractivity (Wildman–Crippen MR) is 60.0 cm³/mol. The van der Waals surface area contributed by atoms with Gasteiger partial charge in [-0.1, -0.05) is 13.8 Å². The first-order valence-corrected chi connectivity index (χ1v) is 5.56. The Morgan fingerprint density at radius 1 is 1.71 bits per heavy atom. The lowest BCUT2D eigenvalue weighted by Crippen LogP contribution is -2.01. The van der Waals surface area contributed by atoms with Crippen molar-refractivity contribution in [2.45, 2.75) is 38.0 Å². The second-order valence-corrected chi connectivity index (χ2v) is 4.38. The Bertz CT molecular complexity index is 340. The number of fused-ring (bicyclic) bond motifs is 1. The van der Waals surface area contributed by atoms with E-state index in [1.54, 1.807) is 0 Å². The number of ether oxygens (including phenoxy) is 1. The third kappa shape index (κ3) is 1.73. The van der Waals surface area contributed by atoms with Crippen LogP contribution in [-0.2, 0) is 6.42 Å². The summed E-state index contributed by atoms with van der Waals surface area (Å²) in [5.74, 6) is 1.47. The average molecular weight is 209 g/mol. The van der Waals surface area contributed by atoms with Gasteiger partial charge in [0.25, 0.3) is 0 Å². The van der Waals surface area contributed by atoms with Gasteiger partial charge in [-0.15, -0.1) is 12.6 Å². The Hall–Kier alpha value is -0.700. The van der Waals surface area contributed by atoms with Crippen LogP contribution >= 0.6 is 12.6 Å². The highest BCUT2D eigenvalue weighted by atomic mass is 32.1. The van der Waals surface area contributed by atoms with Gasteiger partial charge in [0.15, 0.2) is 0 Å². The zero-order valence-corrected chi connectivity index (χ0v) is 9.42. The minimum absolute atomic E-state index is 0.0129. The second-order valence-electron chi connectivity index (χ2n) is 3.80. The highest BCUT2D eigenvalue weighted by Gasteiger charge is 2.21. The van der Waals surface area contributed by atoms with Crippen LogP contribution in [0.15, 0.2) is 12.3 Å². The van der Waals surface area contributed by atoms with Crippen LogP contribution in [0.25, 0.3) is 0 Å². The summed E-state index contributed by atoms with van der Waals surface area (Å²) in [5, 5.41) is 0. The molecule has 0 amide bonds. The highest BCUT2D eigenvalue weighted by molar-refractivity contribution is 7.80. The molecule has 0 fully saturated rings. The van der Waals surface area contributed by atoms with E-state index in [1.165, 1.54) is 5.56 Å². The molecule has 1 aliphatic heterocycles. The largest absolute Gasteiger partial charge is 0.479 e. The molecule has 0 saturated carbocycles. The molecule has 0 spiro atoms. The zero-order valence-electron chi connectivity index (χ0n) is 8.53. The van der Waals surface area contributed by atoms with E-state index in [-0.39, 0.29) is 5.44 Å². The van der Waals surface area contributed by atoms with Crippen LogP contribution in [0.1, 0.15) is 37.4 Å². The first kappa shape index (κ1) is 9.84. The minimum atomic E-state index is 0.0129. The van der Waals surface area contributed by atoms with Gasteiger partial charge in [0.2, 0.25) is 0 Å². The maximum Gasteiger partial charge on any atom is 0.145 e. The molecule has 0 radical (unpaired) electrons. The van der Waals surface area contributed by atoms with Crippen molar-refractivity contribution in [3.63, 3.8) is 0 Å². The molecule has 3 heteroatoms. The first-order chi connectivity index (χ1) is 6.70. The molecule has 0 N–H and O–H groups in total. The quantitative estimate of drug-likeness (QED) is 0.757. The lowest BCUT2D eigenvalue weighted by molar-refractivity contribution is 0.325. The van der Waals surface area contributed by atoms with Gasteiger partial charge in [0.1, 0.15) is 11.2 Å². The van der Waals surface area contributed by atoms with Crippen LogP contribution in [0.5, 0.6) is 5.75 Å². The lowest BCUT2D eigenvalue weighted by Gasteiger charge is -2.09. The number of rotatable bonds is 2.